The minimum atomic E-state index is -0.391. The third-order valence-corrected chi connectivity index (χ3v) is 5.13. The summed E-state index contributed by atoms with van der Waals surface area (Å²) in [7, 11) is 1.42. The van der Waals surface area contributed by atoms with Gasteiger partial charge in [0.1, 0.15) is 0 Å². The van der Waals surface area contributed by atoms with E-state index in [1.807, 2.05) is 13.0 Å². The van der Waals surface area contributed by atoms with Crippen LogP contribution < -0.4 is 5.32 Å². The smallest absolute Gasteiger partial charge is 0.261 e. The predicted octanol–water partition coefficient (Wildman–Crippen LogP) is 3.12. The molecule has 0 bridgehead atoms. The van der Waals surface area contributed by atoms with E-state index in [1.54, 1.807) is 12.1 Å². The van der Waals surface area contributed by atoms with Crippen LogP contribution in [-0.2, 0) is 0 Å². The number of amides is 3. The van der Waals surface area contributed by atoms with Gasteiger partial charge in [-0.05, 0) is 37.3 Å². The van der Waals surface area contributed by atoms with Crippen LogP contribution in [0, 0.1) is 0 Å². The molecule has 3 rings (SSSR count). The highest BCUT2D eigenvalue weighted by Crippen LogP contribution is 2.27. The number of imide groups is 1. The first kappa shape index (κ1) is 15.7. The Morgan fingerprint density at radius 3 is 2.52 bits per heavy atom. The van der Waals surface area contributed by atoms with Crippen molar-refractivity contribution >= 4 is 40.7 Å². The maximum Gasteiger partial charge on any atom is 0.261 e. The van der Waals surface area contributed by atoms with E-state index in [4.69, 9.17) is 11.6 Å². The first-order valence-corrected chi connectivity index (χ1v) is 8.10. The summed E-state index contributed by atoms with van der Waals surface area (Å²) in [5.74, 6) is -1.05. The van der Waals surface area contributed by atoms with Gasteiger partial charge in [0.2, 0.25) is 0 Å². The summed E-state index contributed by atoms with van der Waals surface area (Å²) in [5.41, 5.74) is 0.929. The molecule has 1 aromatic heterocycles. The molecule has 7 heteroatoms. The van der Waals surface area contributed by atoms with Gasteiger partial charge in [-0.1, -0.05) is 11.6 Å². The molecule has 0 fully saturated rings. The van der Waals surface area contributed by atoms with Crippen LogP contribution in [0.15, 0.2) is 30.3 Å². The summed E-state index contributed by atoms with van der Waals surface area (Å²) >= 11 is 7.30. The summed E-state index contributed by atoms with van der Waals surface area (Å²) in [6.07, 6.45) is 0. The summed E-state index contributed by atoms with van der Waals surface area (Å²) in [6, 6.07) is 7.96. The van der Waals surface area contributed by atoms with Crippen molar-refractivity contribution in [2.45, 2.75) is 13.0 Å². The topological polar surface area (TPSA) is 66.5 Å². The average molecular weight is 349 g/mol. The first-order valence-electron chi connectivity index (χ1n) is 6.91. The molecule has 2 heterocycles. The van der Waals surface area contributed by atoms with Crippen LogP contribution in [0.2, 0.25) is 4.34 Å². The predicted molar refractivity (Wildman–Crippen MR) is 88.1 cm³/mol. The van der Waals surface area contributed by atoms with Crippen molar-refractivity contribution < 1.29 is 14.4 Å². The van der Waals surface area contributed by atoms with E-state index in [1.165, 1.54) is 30.5 Å². The van der Waals surface area contributed by atoms with Crippen LogP contribution in [0.1, 0.15) is 48.9 Å². The fourth-order valence-electron chi connectivity index (χ4n) is 2.41. The Kier molecular flexibility index (Phi) is 3.95. The van der Waals surface area contributed by atoms with Crippen molar-refractivity contribution in [1.82, 2.24) is 10.2 Å². The SMILES string of the molecule is CC(NC(=O)c1ccc2c(c1)C(=O)N(C)C2=O)c1ccc(Cl)s1. The van der Waals surface area contributed by atoms with Crippen LogP contribution in [0.5, 0.6) is 0 Å². The van der Waals surface area contributed by atoms with Gasteiger partial charge in [0.25, 0.3) is 17.7 Å². The fraction of sp³-hybridized carbons (Fsp3) is 0.188. The number of rotatable bonds is 3. The van der Waals surface area contributed by atoms with Crippen LogP contribution in [0.3, 0.4) is 0 Å². The molecule has 2 aromatic rings. The van der Waals surface area contributed by atoms with Crippen molar-refractivity contribution in [3.8, 4) is 0 Å². The molecule has 3 amide bonds. The number of carbonyl (C=O) groups excluding carboxylic acids is 3. The Labute approximate surface area is 141 Å². The zero-order valence-electron chi connectivity index (χ0n) is 12.4. The maximum atomic E-state index is 12.4. The molecule has 1 N–H and O–H groups in total. The van der Waals surface area contributed by atoms with Gasteiger partial charge in [0.05, 0.1) is 21.5 Å². The normalized spacial score (nSPS) is 14.8. The van der Waals surface area contributed by atoms with Crippen LogP contribution in [-0.4, -0.2) is 29.7 Å². The standard InChI is InChI=1S/C16H13ClN2O3S/c1-8(12-5-6-13(17)23-12)18-14(20)9-3-4-10-11(7-9)16(22)19(2)15(10)21/h3-8H,1-2H3,(H,18,20). The lowest BCUT2D eigenvalue weighted by Crippen LogP contribution is -2.26. The number of hydrogen-bond acceptors (Lipinski definition) is 4. The number of nitrogens with zero attached hydrogens (tertiary/aromatic N) is 1. The second-order valence-corrected chi connectivity index (χ2v) is 7.01. The van der Waals surface area contributed by atoms with E-state index in [9.17, 15) is 14.4 Å². The summed E-state index contributed by atoms with van der Waals surface area (Å²) < 4.78 is 0.658. The molecule has 1 atom stereocenters. The largest absolute Gasteiger partial charge is 0.345 e. The van der Waals surface area contributed by atoms with E-state index in [0.29, 0.717) is 15.5 Å². The number of carbonyl (C=O) groups is 3. The van der Waals surface area contributed by atoms with E-state index in [-0.39, 0.29) is 23.4 Å². The van der Waals surface area contributed by atoms with Gasteiger partial charge in [-0.25, -0.2) is 0 Å². The zero-order chi connectivity index (χ0) is 16.7. The minimum Gasteiger partial charge on any atom is -0.345 e. The molecule has 1 unspecified atom stereocenters. The number of hydrogen-bond donors (Lipinski definition) is 1. The molecule has 1 aromatic carbocycles. The molecule has 5 nitrogen and oxygen atoms in total. The monoisotopic (exact) mass is 348 g/mol. The van der Waals surface area contributed by atoms with Gasteiger partial charge < -0.3 is 5.32 Å². The quantitative estimate of drug-likeness (QED) is 0.867. The third kappa shape index (κ3) is 2.75. The molecule has 0 saturated carbocycles. The number of benzene rings is 1. The average Bonchev–Trinajstić information content (AvgIpc) is 3.06. The van der Waals surface area contributed by atoms with Crippen molar-refractivity contribution in [2.24, 2.45) is 0 Å². The van der Waals surface area contributed by atoms with Gasteiger partial charge >= 0.3 is 0 Å². The van der Waals surface area contributed by atoms with Gasteiger partial charge in [-0.15, -0.1) is 11.3 Å². The van der Waals surface area contributed by atoms with Gasteiger partial charge in [0, 0.05) is 17.5 Å². The van der Waals surface area contributed by atoms with E-state index in [2.05, 4.69) is 5.32 Å². The van der Waals surface area contributed by atoms with Gasteiger partial charge in [-0.3, -0.25) is 19.3 Å². The van der Waals surface area contributed by atoms with Gasteiger partial charge in [-0.2, -0.15) is 0 Å². The second-order valence-electron chi connectivity index (χ2n) is 5.27. The number of halogens is 1. The van der Waals surface area contributed by atoms with E-state index in [0.717, 1.165) is 9.78 Å². The van der Waals surface area contributed by atoms with E-state index < -0.39 is 5.91 Å². The Balaban J connectivity index is 1.82. The van der Waals surface area contributed by atoms with E-state index >= 15 is 0 Å². The summed E-state index contributed by atoms with van der Waals surface area (Å²) in [4.78, 5) is 38.2. The zero-order valence-corrected chi connectivity index (χ0v) is 14.0. The first-order chi connectivity index (χ1) is 10.9. The fourth-order valence-corrected chi connectivity index (χ4v) is 3.48. The maximum absolute atomic E-state index is 12.4. The Bertz CT molecular complexity index is 830. The number of nitrogens with one attached hydrogen (secondary N) is 1. The van der Waals surface area contributed by atoms with Gasteiger partial charge in [0.15, 0.2) is 0 Å². The Morgan fingerprint density at radius 2 is 1.87 bits per heavy atom. The molecule has 0 radical (unpaired) electrons. The van der Waals surface area contributed by atoms with Crippen molar-refractivity contribution in [3.63, 3.8) is 0 Å². The number of fused-ring (bicyclic) bond motifs is 1. The van der Waals surface area contributed by atoms with Crippen LogP contribution >= 0.6 is 22.9 Å². The molecular formula is C16H13ClN2O3S. The minimum absolute atomic E-state index is 0.201. The molecule has 0 aliphatic carbocycles. The summed E-state index contributed by atoms with van der Waals surface area (Å²) in [5, 5.41) is 2.86. The molecule has 1 aliphatic heterocycles. The van der Waals surface area contributed by atoms with Crippen molar-refractivity contribution in [2.75, 3.05) is 7.05 Å². The lowest BCUT2D eigenvalue weighted by atomic mass is 10.0. The molecule has 23 heavy (non-hydrogen) atoms. The lowest BCUT2D eigenvalue weighted by molar-refractivity contribution is 0.0693. The highest BCUT2D eigenvalue weighted by Gasteiger charge is 2.33. The third-order valence-electron chi connectivity index (χ3n) is 3.72. The molecule has 118 valence electrons. The lowest BCUT2D eigenvalue weighted by Gasteiger charge is -2.12. The van der Waals surface area contributed by atoms with Crippen molar-refractivity contribution in [3.05, 3.63) is 56.2 Å². The second kappa shape index (κ2) is 5.79. The highest BCUT2D eigenvalue weighted by atomic mass is 35.5. The number of thiophene rings is 1. The Morgan fingerprint density at radius 1 is 1.17 bits per heavy atom. The highest BCUT2D eigenvalue weighted by molar-refractivity contribution is 7.16. The van der Waals surface area contributed by atoms with Crippen LogP contribution in [0.4, 0.5) is 0 Å². The molecule has 0 saturated heterocycles. The summed E-state index contributed by atoms with van der Waals surface area (Å²) in [6.45, 7) is 1.86. The van der Waals surface area contributed by atoms with Crippen molar-refractivity contribution in [1.29, 1.82) is 0 Å². The molecule has 0 spiro atoms. The molecular weight excluding hydrogens is 336 g/mol. The van der Waals surface area contributed by atoms with Crippen LogP contribution in [0.25, 0.3) is 0 Å². The Hall–Kier alpha value is -2.18. The molecule has 1 aliphatic rings.